The molecule has 1 aromatic carbocycles. The molecule has 0 aliphatic heterocycles. The summed E-state index contributed by atoms with van der Waals surface area (Å²) < 4.78 is 18.7. The van der Waals surface area contributed by atoms with Gasteiger partial charge in [-0.1, -0.05) is 30.1 Å². The molecule has 4 rings (SSSR count). The van der Waals surface area contributed by atoms with Crippen LogP contribution in [0.25, 0.3) is 16.6 Å². The number of methoxy groups -OCH3 is 1. The number of nitrogen functional groups attached to an aromatic ring is 1. The molecule has 0 spiro atoms. The van der Waals surface area contributed by atoms with Crippen molar-refractivity contribution in [2.24, 2.45) is 0 Å². The number of fused-ring (bicyclic) bond motifs is 1. The first-order valence-electron chi connectivity index (χ1n) is 11.2. The van der Waals surface area contributed by atoms with Crippen molar-refractivity contribution in [2.45, 2.75) is 26.7 Å². The lowest BCUT2D eigenvalue weighted by atomic mass is 9.91. The molecule has 10 heteroatoms. The number of halogens is 2. The molecular formula is C25H27Cl2N5O3. The van der Waals surface area contributed by atoms with Crippen molar-refractivity contribution in [3.05, 3.63) is 63.9 Å². The number of benzene rings is 1. The van der Waals surface area contributed by atoms with Gasteiger partial charge in [-0.25, -0.2) is 15.0 Å². The maximum absolute atomic E-state index is 6.74. The third-order valence-corrected chi connectivity index (χ3v) is 6.43. The average molecular weight is 516 g/mol. The van der Waals surface area contributed by atoms with E-state index in [0.29, 0.717) is 58.8 Å². The predicted molar refractivity (Wildman–Crippen MR) is 138 cm³/mol. The Kier molecular flexibility index (Phi) is 7.64. The average Bonchev–Trinajstić information content (AvgIpc) is 3.19. The lowest BCUT2D eigenvalue weighted by Gasteiger charge is -2.22. The molecule has 1 atom stereocenters. The summed E-state index contributed by atoms with van der Waals surface area (Å²) in [5.41, 5.74) is 10.1. The maximum Gasteiger partial charge on any atom is 0.213 e. The molecule has 8 nitrogen and oxygen atoms in total. The van der Waals surface area contributed by atoms with Crippen molar-refractivity contribution in [2.75, 3.05) is 32.7 Å². The van der Waals surface area contributed by atoms with Gasteiger partial charge in [-0.2, -0.15) is 0 Å². The second-order valence-corrected chi connectivity index (χ2v) is 8.71. The Hall–Kier alpha value is -3.07. The first-order chi connectivity index (χ1) is 16.9. The fourth-order valence-corrected chi connectivity index (χ4v) is 4.53. The topological polar surface area (TPSA) is 96.8 Å². The second kappa shape index (κ2) is 10.7. The Labute approximate surface area is 214 Å². The number of nitrogens with zero attached hydrogens (tertiary/aromatic N) is 4. The fourth-order valence-electron chi connectivity index (χ4n) is 4.04. The third-order valence-electron chi connectivity index (χ3n) is 5.78. The molecule has 1 unspecified atom stereocenters. The molecule has 0 bridgehead atoms. The van der Waals surface area contributed by atoms with Gasteiger partial charge in [-0.3, -0.25) is 4.40 Å². The first kappa shape index (κ1) is 25.0. The lowest BCUT2D eigenvalue weighted by molar-refractivity contribution is 0.144. The summed E-state index contributed by atoms with van der Waals surface area (Å²) in [7, 11) is 1.63. The van der Waals surface area contributed by atoms with Crippen LogP contribution in [0.2, 0.25) is 10.2 Å². The van der Waals surface area contributed by atoms with Gasteiger partial charge in [0.1, 0.15) is 23.7 Å². The van der Waals surface area contributed by atoms with Crippen molar-refractivity contribution in [3.8, 4) is 22.8 Å². The van der Waals surface area contributed by atoms with Crippen LogP contribution in [0.5, 0.6) is 11.6 Å². The standard InChI is InChI=1S/C25H27Cl2N5O3/c1-5-34-22-17(14(2)25-31-23(27)21-24(28)29-8-9-32(21)25)12-18(26)15(3)20(22)16-6-7-19(30-13-16)35-11-10-33-4/h6-9,12-14H,5,10-11H2,1-4H3,(H2,28,29). The van der Waals surface area contributed by atoms with Gasteiger partial charge >= 0.3 is 0 Å². The Morgan fingerprint density at radius 3 is 2.63 bits per heavy atom. The van der Waals surface area contributed by atoms with Gasteiger partial charge in [0.05, 0.1) is 13.2 Å². The van der Waals surface area contributed by atoms with Crippen molar-refractivity contribution in [1.82, 2.24) is 19.4 Å². The monoisotopic (exact) mass is 515 g/mol. The molecule has 4 aromatic rings. The largest absolute Gasteiger partial charge is 0.493 e. The predicted octanol–water partition coefficient (Wildman–Crippen LogP) is 5.56. The van der Waals surface area contributed by atoms with Crippen LogP contribution in [0.15, 0.2) is 36.8 Å². The van der Waals surface area contributed by atoms with E-state index in [1.807, 2.05) is 43.4 Å². The highest BCUT2D eigenvalue weighted by molar-refractivity contribution is 6.33. The van der Waals surface area contributed by atoms with Gasteiger partial charge in [0, 0.05) is 59.4 Å². The minimum atomic E-state index is -0.222. The number of ether oxygens (including phenoxy) is 3. The molecule has 184 valence electrons. The number of anilines is 1. The summed E-state index contributed by atoms with van der Waals surface area (Å²) in [5.74, 6) is 2.02. The van der Waals surface area contributed by atoms with Crippen LogP contribution in [0.4, 0.5) is 5.82 Å². The smallest absolute Gasteiger partial charge is 0.213 e. The Balaban J connectivity index is 1.83. The van der Waals surface area contributed by atoms with Gasteiger partial charge in [-0.05, 0) is 31.5 Å². The fraction of sp³-hybridized carbons (Fsp3) is 0.320. The molecular weight excluding hydrogens is 489 g/mol. The zero-order valence-electron chi connectivity index (χ0n) is 20.0. The number of hydrogen-bond acceptors (Lipinski definition) is 7. The zero-order chi connectivity index (χ0) is 25.1. The minimum absolute atomic E-state index is 0.222. The molecule has 0 fully saturated rings. The van der Waals surface area contributed by atoms with Crippen molar-refractivity contribution < 1.29 is 14.2 Å². The normalized spacial score (nSPS) is 12.2. The maximum atomic E-state index is 6.74. The molecule has 0 saturated heterocycles. The van der Waals surface area contributed by atoms with Crippen molar-refractivity contribution >= 4 is 34.5 Å². The van der Waals surface area contributed by atoms with E-state index in [4.69, 9.17) is 43.1 Å². The molecule has 35 heavy (non-hydrogen) atoms. The van der Waals surface area contributed by atoms with Gasteiger partial charge in [0.25, 0.3) is 0 Å². The van der Waals surface area contributed by atoms with Crippen LogP contribution >= 0.6 is 23.2 Å². The molecule has 3 heterocycles. The molecule has 0 aliphatic carbocycles. The van der Waals surface area contributed by atoms with Gasteiger partial charge in [-0.15, -0.1) is 0 Å². The van der Waals surface area contributed by atoms with Crippen LogP contribution in [0.1, 0.15) is 36.7 Å². The van der Waals surface area contributed by atoms with E-state index in [1.54, 1.807) is 25.7 Å². The summed E-state index contributed by atoms with van der Waals surface area (Å²) in [6, 6.07) is 5.69. The van der Waals surface area contributed by atoms with E-state index >= 15 is 0 Å². The number of imidazole rings is 1. The Morgan fingerprint density at radius 2 is 1.94 bits per heavy atom. The first-order valence-corrected chi connectivity index (χ1v) is 11.9. The van der Waals surface area contributed by atoms with Crippen molar-refractivity contribution in [1.29, 1.82) is 0 Å². The summed E-state index contributed by atoms with van der Waals surface area (Å²) >= 11 is 13.2. The van der Waals surface area contributed by atoms with E-state index in [1.165, 1.54) is 0 Å². The van der Waals surface area contributed by atoms with Crippen LogP contribution in [0, 0.1) is 6.92 Å². The molecule has 0 aliphatic rings. The molecule has 0 amide bonds. The number of pyridine rings is 1. The molecule has 0 radical (unpaired) electrons. The van der Waals surface area contributed by atoms with Crippen LogP contribution in [0.3, 0.4) is 0 Å². The number of aromatic nitrogens is 4. The summed E-state index contributed by atoms with van der Waals surface area (Å²) in [6.07, 6.45) is 5.17. The van der Waals surface area contributed by atoms with Crippen LogP contribution in [-0.2, 0) is 4.74 Å². The van der Waals surface area contributed by atoms with E-state index in [0.717, 1.165) is 22.3 Å². The molecule has 2 N–H and O–H groups in total. The van der Waals surface area contributed by atoms with E-state index in [2.05, 4.69) is 15.0 Å². The summed E-state index contributed by atoms with van der Waals surface area (Å²) in [6.45, 7) is 7.32. The van der Waals surface area contributed by atoms with Gasteiger partial charge in [0.2, 0.25) is 5.88 Å². The Bertz CT molecular complexity index is 1340. The quantitative estimate of drug-likeness (QED) is 0.291. The van der Waals surface area contributed by atoms with E-state index < -0.39 is 0 Å². The zero-order valence-corrected chi connectivity index (χ0v) is 21.5. The molecule has 0 saturated carbocycles. The summed E-state index contributed by atoms with van der Waals surface area (Å²) in [5, 5.41) is 0.904. The van der Waals surface area contributed by atoms with Crippen molar-refractivity contribution in [3.63, 3.8) is 0 Å². The number of rotatable bonds is 9. The molecule has 3 aromatic heterocycles. The third kappa shape index (κ3) is 4.87. The van der Waals surface area contributed by atoms with Crippen LogP contribution in [-0.4, -0.2) is 46.3 Å². The highest BCUT2D eigenvalue weighted by atomic mass is 35.5. The van der Waals surface area contributed by atoms with Crippen LogP contribution < -0.4 is 15.2 Å². The number of hydrogen-bond donors (Lipinski definition) is 1. The highest BCUT2D eigenvalue weighted by Crippen LogP contribution is 2.44. The SMILES string of the molecule is CCOc1c(C(C)c2nc(Cl)c3c(N)nccn23)cc(Cl)c(C)c1-c1ccc(OCCOC)nc1. The number of nitrogens with two attached hydrogens (primary N) is 1. The second-order valence-electron chi connectivity index (χ2n) is 7.95. The Morgan fingerprint density at radius 1 is 1.14 bits per heavy atom. The van der Waals surface area contributed by atoms with Gasteiger partial charge in [0.15, 0.2) is 11.0 Å². The minimum Gasteiger partial charge on any atom is -0.493 e. The van der Waals surface area contributed by atoms with Gasteiger partial charge < -0.3 is 19.9 Å². The summed E-state index contributed by atoms with van der Waals surface area (Å²) in [4.78, 5) is 13.2. The highest BCUT2D eigenvalue weighted by Gasteiger charge is 2.26. The lowest BCUT2D eigenvalue weighted by Crippen LogP contribution is -2.09. The van der Waals surface area contributed by atoms with E-state index in [9.17, 15) is 0 Å². The van der Waals surface area contributed by atoms with E-state index in [-0.39, 0.29) is 5.92 Å².